The van der Waals surface area contributed by atoms with Crippen molar-refractivity contribution in [3.63, 3.8) is 0 Å². The largest absolute Gasteiger partial charge is 0.504 e. The number of rotatable bonds is 1. The van der Waals surface area contributed by atoms with Crippen molar-refractivity contribution in [1.82, 2.24) is 4.98 Å². The maximum Gasteiger partial charge on any atom is 0.281 e. The van der Waals surface area contributed by atoms with Crippen molar-refractivity contribution in [2.75, 3.05) is 0 Å². The first kappa shape index (κ1) is 9.56. The molecule has 0 unspecified atom stereocenters. The van der Waals surface area contributed by atoms with Gasteiger partial charge in [-0.2, -0.15) is 4.39 Å². The van der Waals surface area contributed by atoms with Crippen LogP contribution in [0, 0.1) is 9.52 Å². The topological polar surface area (TPSA) is 33.1 Å². The summed E-state index contributed by atoms with van der Waals surface area (Å²) in [4.78, 5) is 2.90. The van der Waals surface area contributed by atoms with Crippen LogP contribution < -0.4 is 0 Å². The summed E-state index contributed by atoms with van der Waals surface area (Å²) < 4.78 is 36.5. The molecule has 0 radical (unpaired) electrons. The summed E-state index contributed by atoms with van der Waals surface area (Å²) in [5, 5.41) is 8.72. The maximum atomic E-state index is 12.4. The van der Waals surface area contributed by atoms with E-state index in [1.54, 1.807) is 22.6 Å². The minimum atomic E-state index is -2.83. The van der Waals surface area contributed by atoms with Crippen LogP contribution in [0.3, 0.4) is 0 Å². The molecule has 0 saturated carbocycles. The summed E-state index contributed by atoms with van der Waals surface area (Å²) in [6.45, 7) is 0. The zero-order valence-electron chi connectivity index (χ0n) is 5.56. The predicted octanol–water partition coefficient (Wildman–Crippen LogP) is 2.47. The third kappa shape index (κ3) is 1.79. The highest BCUT2D eigenvalue weighted by Gasteiger charge is 2.16. The Balaban J connectivity index is 3.23. The standard InChI is InChI=1S/C6H3F3INO/c7-5(8)4-2(10)1-3(12)6(9)11-4/h1,5,12H. The smallest absolute Gasteiger partial charge is 0.281 e. The van der Waals surface area contributed by atoms with E-state index in [-0.39, 0.29) is 3.57 Å². The Labute approximate surface area is 79.6 Å². The van der Waals surface area contributed by atoms with Gasteiger partial charge in [-0.1, -0.05) is 0 Å². The van der Waals surface area contributed by atoms with E-state index in [4.69, 9.17) is 5.11 Å². The molecule has 0 saturated heterocycles. The van der Waals surface area contributed by atoms with E-state index >= 15 is 0 Å². The van der Waals surface area contributed by atoms with E-state index < -0.39 is 23.8 Å². The Hall–Kier alpha value is -0.530. The zero-order valence-corrected chi connectivity index (χ0v) is 7.72. The van der Waals surface area contributed by atoms with Crippen LogP contribution in [0.15, 0.2) is 6.07 Å². The van der Waals surface area contributed by atoms with Crippen LogP contribution in [0.1, 0.15) is 12.1 Å². The highest BCUT2D eigenvalue weighted by Crippen LogP contribution is 2.26. The number of alkyl halides is 2. The van der Waals surface area contributed by atoms with Gasteiger partial charge in [-0.05, 0) is 22.6 Å². The molecular weight excluding hydrogens is 286 g/mol. The van der Waals surface area contributed by atoms with Crippen molar-refractivity contribution in [3.05, 3.63) is 21.3 Å². The predicted molar refractivity (Wildman–Crippen MR) is 43.5 cm³/mol. The lowest BCUT2D eigenvalue weighted by atomic mass is 10.3. The van der Waals surface area contributed by atoms with Crippen LogP contribution in [0.4, 0.5) is 13.2 Å². The Morgan fingerprint density at radius 3 is 2.58 bits per heavy atom. The maximum absolute atomic E-state index is 12.4. The highest BCUT2D eigenvalue weighted by atomic mass is 127. The first-order valence-corrected chi connectivity index (χ1v) is 3.93. The Bertz CT molecular complexity index is 305. The quantitative estimate of drug-likeness (QED) is 0.636. The van der Waals surface area contributed by atoms with Crippen LogP contribution in [0.25, 0.3) is 0 Å². The lowest BCUT2D eigenvalue weighted by Crippen LogP contribution is -1.97. The molecule has 0 aliphatic heterocycles. The lowest BCUT2D eigenvalue weighted by molar-refractivity contribution is 0.143. The lowest BCUT2D eigenvalue weighted by Gasteiger charge is -2.02. The molecule has 0 aromatic carbocycles. The van der Waals surface area contributed by atoms with E-state index in [1.807, 2.05) is 0 Å². The first-order valence-electron chi connectivity index (χ1n) is 2.85. The van der Waals surface area contributed by atoms with Gasteiger partial charge >= 0.3 is 0 Å². The van der Waals surface area contributed by atoms with Gasteiger partial charge < -0.3 is 5.11 Å². The van der Waals surface area contributed by atoms with Gasteiger partial charge in [0.15, 0.2) is 5.75 Å². The summed E-state index contributed by atoms with van der Waals surface area (Å²) in [6, 6.07) is 0.907. The molecule has 0 spiro atoms. The average molecular weight is 289 g/mol. The SMILES string of the molecule is Oc1cc(I)c(C(F)F)nc1F. The van der Waals surface area contributed by atoms with Gasteiger partial charge in [0.1, 0.15) is 5.69 Å². The molecule has 0 fully saturated rings. The number of aromatic hydroxyl groups is 1. The molecule has 1 N–H and O–H groups in total. The number of nitrogens with zero attached hydrogens (tertiary/aromatic N) is 1. The van der Waals surface area contributed by atoms with Crippen molar-refractivity contribution in [1.29, 1.82) is 0 Å². The molecule has 0 amide bonds. The van der Waals surface area contributed by atoms with E-state index in [0.29, 0.717) is 0 Å². The number of hydrogen-bond donors (Lipinski definition) is 1. The van der Waals surface area contributed by atoms with Gasteiger partial charge in [-0.15, -0.1) is 0 Å². The Morgan fingerprint density at radius 1 is 1.50 bits per heavy atom. The number of aromatic nitrogens is 1. The van der Waals surface area contributed by atoms with E-state index in [0.717, 1.165) is 6.07 Å². The van der Waals surface area contributed by atoms with E-state index in [9.17, 15) is 13.2 Å². The minimum absolute atomic E-state index is 0.0431. The average Bonchev–Trinajstić information content (AvgIpc) is 1.96. The fraction of sp³-hybridized carbons (Fsp3) is 0.167. The van der Waals surface area contributed by atoms with Crippen LogP contribution >= 0.6 is 22.6 Å². The van der Waals surface area contributed by atoms with E-state index in [2.05, 4.69) is 4.98 Å². The molecular formula is C6H3F3INO. The van der Waals surface area contributed by atoms with Crippen LogP contribution in [-0.2, 0) is 0 Å². The molecule has 12 heavy (non-hydrogen) atoms. The highest BCUT2D eigenvalue weighted by molar-refractivity contribution is 14.1. The molecule has 0 bridgehead atoms. The number of hydrogen-bond acceptors (Lipinski definition) is 2. The molecule has 0 aliphatic rings. The molecule has 1 aromatic heterocycles. The molecule has 0 atom stereocenters. The van der Waals surface area contributed by atoms with Crippen molar-refractivity contribution < 1.29 is 18.3 Å². The van der Waals surface area contributed by atoms with Crippen LogP contribution in [0.2, 0.25) is 0 Å². The second-order valence-electron chi connectivity index (χ2n) is 1.97. The Morgan fingerprint density at radius 2 is 2.08 bits per heavy atom. The first-order chi connectivity index (χ1) is 5.52. The van der Waals surface area contributed by atoms with Crippen molar-refractivity contribution >= 4 is 22.6 Å². The summed E-state index contributed by atoms with van der Waals surface area (Å²) in [7, 11) is 0. The third-order valence-electron chi connectivity index (χ3n) is 1.14. The fourth-order valence-electron chi connectivity index (χ4n) is 0.623. The van der Waals surface area contributed by atoms with Crippen LogP contribution in [0.5, 0.6) is 5.75 Å². The third-order valence-corrected chi connectivity index (χ3v) is 2.01. The zero-order chi connectivity index (χ0) is 9.30. The summed E-state index contributed by atoms with van der Waals surface area (Å²) in [5.41, 5.74) is -0.647. The van der Waals surface area contributed by atoms with Crippen LogP contribution in [-0.4, -0.2) is 10.1 Å². The van der Waals surface area contributed by atoms with Gasteiger partial charge in [-0.3, -0.25) is 0 Å². The Kier molecular flexibility index (Phi) is 2.76. The summed E-state index contributed by atoms with van der Waals surface area (Å²) >= 11 is 1.55. The monoisotopic (exact) mass is 289 g/mol. The summed E-state index contributed by atoms with van der Waals surface area (Å²) in [6.07, 6.45) is -2.83. The molecule has 1 heterocycles. The van der Waals surface area contributed by atoms with Crippen molar-refractivity contribution in [3.8, 4) is 5.75 Å². The molecule has 66 valence electrons. The molecule has 6 heteroatoms. The van der Waals surface area contributed by atoms with Gasteiger partial charge in [0, 0.05) is 9.64 Å². The molecule has 1 aromatic rings. The molecule has 1 rings (SSSR count). The van der Waals surface area contributed by atoms with Gasteiger partial charge in [0.25, 0.3) is 12.4 Å². The van der Waals surface area contributed by atoms with Gasteiger partial charge in [-0.25, -0.2) is 13.8 Å². The number of halogens is 4. The number of pyridine rings is 1. The minimum Gasteiger partial charge on any atom is -0.504 e. The van der Waals surface area contributed by atoms with Crippen molar-refractivity contribution in [2.45, 2.75) is 6.43 Å². The molecule has 0 aliphatic carbocycles. The second kappa shape index (κ2) is 3.46. The van der Waals surface area contributed by atoms with Gasteiger partial charge in [0.2, 0.25) is 0 Å². The van der Waals surface area contributed by atoms with Gasteiger partial charge in [0.05, 0.1) is 0 Å². The summed E-state index contributed by atoms with van der Waals surface area (Å²) in [5.74, 6) is -1.99. The van der Waals surface area contributed by atoms with Crippen molar-refractivity contribution in [2.24, 2.45) is 0 Å². The normalized spacial score (nSPS) is 10.8. The molecule has 2 nitrogen and oxygen atoms in total. The van der Waals surface area contributed by atoms with E-state index in [1.165, 1.54) is 0 Å². The second-order valence-corrected chi connectivity index (χ2v) is 3.13. The fourth-order valence-corrected chi connectivity index (χ4v) is 1.27.